The van der Waals surface area contributed by atoms with Gasteiger partial charge in [0.25, 0.3) is 10.7 Å². The molecule has 36 heavy (non-hydrogen) atoms. The van der Waals surface area contributed by atoms with Gasteiger partial charge >= 0.3 is 0 Å². The van der Waals surface area contributed by atoms with E-state index in [1.165, 1.54) is 24.7 Å². The number of aliphatic imine (C=N–C) groups is 2. The van der Waals surface area contributed by atoms with Gasteiger partial charge in [-0.2, -0.15) is 0 Å². The van der Waals surface area contributed by atoms with Crippen LogP contribution < -0.4 is 0 Å². The van der Waals surface area contributed by atoms with Crippen LogP contribution in [0, 0.1) is 0 Å². The molecule has 0 spiro atoms. The summed E-state index contributed by atoms with van der Waals surface area (Å²) in [4.78, 5) is 8.39. The molecule has 12 heteroatoms. The van der Waals surface area contributed by atoms with Gasteiger partial charge in [0.05, 0.1) is 33.9 Å². The molecule has 0 aliphatic heterocycles. The van der Waals surface area contributed by atoms with Gasteiger partial charge in [0.15, 0.2) is 11.5 Å². The molecule has 2 heterocycles. The first kappa shape index (κ1) is 26.5. The summed E-state index contributed by atoms with van der Waals surface area (Å²) in [7, 11) is 0. The van der Waals surface area contributed by atoms with Crippen LogP contribution in [0.1, 0.15) is 11.5 Å². The molecule has 0 aliphatic rings. The summed E-state index contributed by atoms with van der Waals surface area (Å²) in [5.74, 6) is 0.436. The van der Waals surface area contributed by atoms with E-state index in [-0.39, 0.29) is 43.8 Å². The Morgan fingerprint density at radius 2 is 1.03 bits per heavy atom. The van der Waals surface area contributed by atoms with Gasteiger partial charge in [0.1, 0.15) is 0 Å². The van der Waals surface area contributed by atoms with Crippen molar-refractivity contribution in [3.05, 3.63) is 105 Å². The third-order valence-corrected chi connectivity index (χ3v) is 5.70. The summed E-state index contributed by atoms with van der Waals surface area (Å²) in [5, 5.41) is 0.792. The first-order valence-electron chi connectivity index (χ1n) is 9.86. The molecule has 0 radical (unpaired) electrons. The van der Waals surface area contributed by atoms with Crippen LogP contribution in [0.2, 0.25) is 20.1 Å². The lowest BCUT2D eigenvalue weighted by atomic mass is 10.2. The van der Waals surface area contributed by atoms with Crippen molar-refractivity contribution in [3.63, 3.8) is 0 Å². The third kappa shape index (κ3) is 6.79. The van der Waals surface area contributed by atoms with Crippen LogP contribution in [-0.4, -0.2) is 10.7 Å². The Morgan fingerprint density at radius 1 is 0.611 bits per heavy atom. The average Bonchev–Trinajstić information content (AvgIpc) is 3.54. The maximum Gasteiger partial charge on any atom is 0.293 e. The summed E-state index contributed by atoms with van der Waals surface area (Å²) in [6.45, 7) is 0. The van der Waals surface area contributed by atoms with E-state index in [9.17, 15) is 0 Å². The molecule has 4 aromatic rings. The quantitative estimate of drug-likeness (QED) is 0.125. The molecular formula is C24H12Cl6N2O4. The largest absolute Gasteiger partial charge is 0.461 e. The highest BCUT2D eigenvalue weighted by atomic mass is 35.5. The monoisotopic (exact) mass is 602 g/mol. The molecular weight excluding hydrogens is 593 g/mol. The Kier molecular flexibility index (Phi) is 8.90. The van der Waals surface area contributed by atoms with Crippen molar-refractivity contribution in [2.24, 2.45) is 9.98 Å². The maximum absolute atomic E-state index is 6.33. The Morgan fingerprint density at radius 3 is 1.36 bits per heavy atom. The van der Waals surface area contributed by atoms with Crippen molar-refractivity contribution in [2.75, 3.05) is 0 Å². The highest BCUT2D eigenvalue weighted by Crippen LogP contribution is 2.34. The fraction of sp³-hybridized carbons (Fsp3) is 0. The van der Waals surface area contributed by atoms with Crippen molar-refractivity contribution in [2.45, 2.75) is 0 Å². The second kappa shape index (κ2) is 12.1. The summed E-state index contributed by atoms with van der Waals surface area (Å²) in [5.41, 5.74) is 0.643. The molecule has 6 nitrogen and oxygen atoms in total. The fourth-order valence-corrected chi connectivity index (χ4v) is 4.02. The molecule has 2 aromatic heterocycles. The minimum atomic E-state index is -0.313. The van der Waals surface area contributed by atoms with Crippen LogP contribution in [0.4, 0.5) is 11.4 Å². The summed E-state index contributed by atoms with van der Waals surface area (Å²) >= 11 is 36.9. The van der Waals surface area contributed by atoms with E-state index in [4.69, 9.17) is 87.9 Å². The molecule has 0 amide bonds. The predicted octanol–water partition coefficient (Wildman–Crippen LogP) is 10.2. The number of benzene rings is 2. The molecule has 0 aliphatic carbocycles. The lowest BCUT2D eigenvalue weighted by Crippen LogP contribution is -2.04. The Labute approximate surface area is 235 Å². The zero-order valence-electron chi connectivity index (χ0n) is 17.7. The Hall–Kier alpha value is -2.58. The van der Waals surface area contributed by atoms with Crippen molar-refractivity contribution in [3.8, 4) is 0 Å². The molecule has 0 fully saturated rings. The van der Waals surface area contributed by atoms with Gasteiger partial charge < -0.3 is 18.3 Å². The second-order valence-corrected chi connectivity index (χ2v) is 9.07. The van der Waals surface area contributed by atoms with Crippen molar-refractivity contribution in [1.29, 1.82) is 0 Å². The molecule has 0 bridgehead atoms. The topological polar surface area (TPSA) is 69.5 Å². The minimum Gasteiger partial charge on any atom is -0.461 e. The van der Waals surface area contributed by atoms with Gasteiger partial charge in [0.2, 0.25) is 11.5 Å². The lowest BCUT2D eigenvalue weighted by molar-refractivity contribution is 0.424. The van der Waals surface area contributed by atoms with E-state index < -0.39 is 0 Å². The molecule has 0 N–H and O–H groups in total. The van der Waals surface area contributed by atoms with Crippen LogP contribution in [-0.2, 0) is 9.47 Å². The second-order valence-electron chi connectivity index (χ2n) is 6.74. The van der Waals surface area contributed by atoms with E-state index in [2.05, 4.69) is 9.98 Å². The van der Waals surface area contributed by atoms with Crippen molar-refractivity contribution < 1.29 is 18.3 Å². The van der Waals surface area contributed by atoms with E-state index in [0.29, 0.717) is 21.4 Å². The molecule has 2 aromatic carbocycles. The number of halogens is 6. The smallest absolute Gasteiger partial charge is 0.293 e. The van der Waals surface area contributed by atoms with Crippen LogP contribution >= 0.6 is 69.6 Å². The van der Waals surface area contributed by atoms with Crippen LogP contribution in [0.15, 0.2) is 92.0 Å². The maximum atomic E-state index is 6.33. The normalized spacial score (nSPS) is 12.9. The van der Waals surface area contributed by atoms with Crippen LogP contribution in [0.5, 0.6) is 0 Å². The first-order valence-corrected chi connectivity index (χ1v) is 12.1. The SMILES string of the molecule is ClC(=Nc1ccc(Cl)cc1Cl)O/C(=C(/OC(Cl)=Nc1ccc(Cl)cc1Cl)c1ccco1)c1ccco1. The number of nitrogens with zero attached hydrogens (tertiary/aromatic N) is 2. The van der Waals surface area contributed by atoms with Crippen LogP contribution in [0.25, 0.3) is 11.5 Å². The zero-order valence-corrected chi connectivity index (χ0v) is 22.3. The van der Waals surface area contributed by atoms with Gasteiger partial charge in [-0.1, -0.05) is 46.4 Å². The fourth-order valence-electron chi connectivity index (χ4n) is 2.78. The number of rotatable bonds is 6. The van der Waals surface area contributed by atoms with E-state index in [1.807, 2.05) is 0 Å². The van der Waals surface area contributed by atoms with Gasteiger partial charge in [0, 0.05) is 10.0 Å². The highest BCUT2D eigenvalue weighted by molar-refractivity contribution is 6.64. The van der Waals surface area contributed by atoms with E-state index in [0.717, 1.165) is 0 Å². The predicted molar refractivity (Wildman–Crippen MR) is 145 cm³/mol. The Bertz CT molecular complexity index is 1340. The van der Waals surface area contributed by atoms with Gasteiger partial charge in [-0.25, -0.2) is 9.98 Å². The molecule has 0 saturated carbocycles. The first-order chi connectivity index (χ1) is 17.3. The van der Waals surface area contributed by atoms with Gasteiger partial charge in [-0.3, -0.25) is 0 Å². The summed E-state index contributed by atoms with van der Waals surface area (Å²) in [6, 6.07) is 15.9. The molecule has 184 valence electrons. The molecule has 0 atom stereocenters. The standard InChI is InChI=1S/C24H12Cl6N2O4/c25-13-5-7-17(15(27)11-13)31-23(29)35-21(19-3-1-9-33-19)22(20-4-2-10-34-20)36-24(30)32-18-8-6-14(26)12-16(18)28/h1-12H/b22-21+,31-23?,32-24?. The van der Waals surface area contributed by atoms with E-state index >= 15 is 0 Å². The molecule has 0 saturated heterocycles. The van der Waals surface area contributed by atoms with Crippen molar-refractivity contribution in [1.82, 2.24) is 0 Å². The molecule has 0 unspecified atom stereocenters. The van der Waals surface area contributed by atoms with E-state index in [1.54, 1.807) is 48.5 Å². The van der Waals surface area contributed by atoms with Crippen LogP contribution in [0.3, 0.4) is 0 Å². The number of furan rings is 2. The zero-order chi connectivity index (χ0) is 25.7. The van der Waals surface area contributed by atoms with Gasteiger partial charge in [-0.05, 0) is 83.9 Å². The van der Waals surface area contributed by atoms with Gasteiger partial charge in [-0.15, -0.1) is 0 Å². The highest BCUT2D eigenvalue weighted by Gasteiger charge is 2.24. The summed E-state index contributed by atoms with van der Waals surface area (Å²) < 4.78 is 22.7. The molecule has 4 rings (SSSR count). The minimum absolute atomic E-state index is 0.00987. The summed E-state index contributed by atoms with van der Waals surface area (Å²) in [6.07, 6.45) is 2.87. The number of ether oxygens (including phenoxy) is 2. The Balaban J connectivity index is 1.76. The van der Waals surface area contributed by atoms with Crippen molar-refractivity contribution >= 4 is 103 Å². The number of hydrogen-bond acceptors (Lipinski definition) is 6. The lowest BCUT2D eigenvalue weighted by Gasteiger charge is -2.13. The third-order valence-electron chi connectivity index (χ3n) is 4.30. The average molecular weight is 605 g/mol. The number of hydrogen-bond donors (Lipinski definition) is 0.